The van der Waals surface area contributed by atoms with Crippen molar-refractivity contribution >= 4 is 40.9 Å². The van der Waals surface area contributed by atoms with E-state index in [4.69, 9.17) is 32.9 Å². The Hall–Kier alpha value is -2.03. The molecule has 3 N–H and O–H groups in total. The number of carboxylic acid groups (broad SMARTS) is 1. The van der Waals surface area contributed by atoms with Crippen molar-refractivity contribution in [1.29, 1.82) is 0 Å². The molecule has 1 aliphatic carbocycles. The van der Waals surface area contributed by atoms with E-state index in [9.17, 15) is 14.7 Å². The quantitative estimate of drug-likeness (QED) is 0.199. The molecule has 188 valence electrons. The largest absolute Gasteiger partial charge is 0.480 e. The SMILES string of the molecule is CN(/C(Cl)=C\CCl)C1(C(=O)NC(CCOCCCCc2ccc3c(n2)NCCC3)C(=O)O)CC1. The number of allylic oxidation sites excluding steroid dienone is 1. The first-order chi connectivity index (χ1) is 16.4. The van der Waals surface area contributed by atoms with Crippen LogP contribution < -0.4 is 10.6 Å². The summed E-state index contributed by atoms with van der Waals surface area (Å²) >= 11 is 11.9. The van der Waals surface area contributed by atoms with Gasteiger partial charge in [-0.3, -0.25) is 4.79 Å². The first-order valence-electron chi connectivity index (χ1n) is 11.9. The fourth-order valence-corrected chi connectivity index (χ4v) is 4.57. The summed E-state index contributed by atoms with van der Waals surface area (Å²) in [7, 11) is 1.72. The zero-order valence-electron chi connectivity index (χ0n) is 19.6. The minimum atomic E-state index is -1.08. The van der Waals surface area contributed by atoms with Gasteiger partial charge in [-0.1, -0.05) is 17.7 Å². The Labute approximate surface area is 211 Å². The van der Waals surface area contributed by atoms with Crippen molar-refractivity contribution in [3.8, 4) is 0 Å². The minimum absolute atomic E-state index is 0.199. The Morgan fingerprint density at radius 1 is 1.35 bits per heavy atom. The van der Waals surface area contributed by atoms with E-state index in [1.54, 1.807) is 18.0 Å². The lowest BCUT2D eigenvalue weighted by atomic mass is 10.1. The van der Waals surface area contributed by atoms with Gasteiger partial charge >= 0.3 is 5.97 Å². The van der Waals surface area contributed by atoms with Gasteiger partial charge < -0.3 is 25.4 Å². The average Bonchev–Trinajstić information content (AvgIpc) is 3.64. The number of carbonyl (C=O) groups is 2. The number of ether oxygens (including phenoxy) is 1. The van der Waals surface area contributed by atoms with Crippen molar-refractivity contribution in [2.75, 3.05) is 38.0 Å². The lowest BCUT2D eigenvalue weighted by molar-refractivity contribution is -0.143. The second kappa shape index (κ2) is 12.6. The van der Waals surface area contributed by atoms with Gasteiger partial charge in [0.05, 0.1) is 0 Å². The van der Waals surface area contributed by atoms with Gasteiger partial charge in [-0.05, 0) is 62.7 Å². The first kappa shape index (κ1) is 26.6. The number of fused-ring (bicyclic) bond motifs is 1. The van der Waals surface area contributed by atoms with Gasteiger partial charge in [-0.25, -0.2) is 9.78 Å². The maximum Gasteiger partial charge on any atom is 0.326 e. The fraction of sp³-hybridized carbons (Fsp3) is 0.625. The minimum Gasteiger partial charge on any atom is -0.480 e. The van der Waals surface area contributed by atoms with Gasteiger partial charge in [-0.2, -0.15) is 0 Å². The van der Waals surface area contributed by atoms with Crippen molar-refractivity contribution in [3.05, 3.63) is 34.6 Å². The molecule has 10 heteroatoms. The zero-order chi connectivity index (χ0) is 24.6. The maximum absolute atomic E-state index is 12.8. The van der Waals surface area contributed by atoms with Crippen molar-refractivity contribution < 1.29 is 19.4 Å². The van der Waals surface area contributed by atoms with Gasteiger partial charge in [0, 0.05) is 44.8 Å². The molecular formula is C24H34Cl2N4O4. The van der Waals surface area contributed by atoms with E-state index in [-0.39, 0.29) is 24.8 Å². The molecule has 3 rings (SSSR count). The number of aryl methyl sites for hydroxylation is 2. The van der Waals surface area contributed by atoms with Crippen LogP contribution in [0.3, 0.4) is 0 Å². The number of alkyl halides is 1. The second-order valence-corrected chi connectivity index (χ2v) is 9.53. The summed E-state index contributed by atoms with van der Waals surface area (Å²) in [6.45, 7) is 1.77. The molecule has 1 amide bonds. The van der Waals surface area contributed by atoms with Gasteiger partial charge in [0.2, 0.25) is 5.91 Å². The lowest BCUT2D eigenvalue weighted by Crippen LogP contribution is -2.52. The number of aliphatic carboxylic acids is 1. The predicted molar refractivity (Wildman–Crippen MR) is 133 cm³/mol. The highest BCUT2D eigenvalue weighted by atomic mass is 35.5. The Morgan fingerprint density at radius 3 is 2.85 bits per heavy atom. The number of anilines is 1. The van der Waals surface area contributed by atoms with E-state index >= 15 is 0 Å². The Morgan fingerprint density at radius 2 is 2.15 bits per heavy atom. The highest BCUT2D eigenvalue weighted by molar-refractivity contribution is 6.30. The monoisotopic (exact) mass is 512 g/mol. The number of likely N-dealkylation sites (N-methyl/N-ethyl adjacent to an activating group) is 1. The van der Waals surface area contributed by atoms with E-state index in [0.717, 1.165) is 50.2 Å². The number of hydrogen-bond donors (Lipinski definition) is 3. The number of unbranched alkanes of at least 4 members (excludes halogenated alkanes) is 1. The van der Waals surface area contributed by atoms with Crippen LogP contribution in [0.5, 0.6) is 0 Å². The topological polar surface area (TPSA) is 104 Å². The standard InChI is InChI=1S/C24H34Cl2N4O4/c1-30(20(26)9-13-25)24(11-12-24)23(33)29-19(22(31)32)10-16-34-15-3-2-6-18-8-7-17-5-4-14-27-21(17)28-18/h7-9,19H,2-6,10-16H2,1H3,(H,27,28)(H,29,33)(H,31,32)/b20-9-. The molecule has 0 spiro atoms. The van der Waals surface area contributed by atoms with E-state index in [0.29, 0.717) is 24.6 Å². The van der Waals surface area contributed by atoms with Gasteiger partial charge in [0.1, 0.15) is 22.6 Å². The highest BCUT2D eigenvalue weighted by Crippen LogP contribution is 2.43. The number of amides is 1. The molecule has 1 aromatic heterocycles. The average molecular weight is 513 g/mol. The van der Waals surface area contributed by atoms with Gasteiger partial charge in [-0.15, -0.1) is 11.6 Å². The number of hydrogen-bond acceptors (Lipinski definition) is 6. The van der Waals surface area contributed by atoms with Crippen molar-refractivity contribution in [2.45, 2.75) is 62.9 Å². The smallest absolute Gasteiger partial charge is 0.326 e. The normalized spacial score (nSPS) is 17.3. The van der Waals surface area contributed by atoms with Crippen LogP contribution in [-0.4, -0.2) is 71.1 Å². The molecule has 1 fully saturated rings. The van der Waals surface area contributed by atoms with Crippen LogP contribution in [0.15, 0.2) is 23.4 Å². The van der Waals surface area contributed by atoms with Crippen LogP contribution in [0.25, 0.3) is 0 Å². The van der Waals surface area contributed by atoms with Crippen molar-refractivity contribution in [3.63, 3.8) is 0 Å². The molecule has 2 heterocycles. The molecule has 1 aliphatic heterocycles. The molecular weight excluding hydrogens is 479 g/mol. The second-order valence-electron chi connectivity index (χ2n) is 8.83. The molecule has 8 nitrogen and oxygen atoms in total. The predicted octanol–water partition coefficient (Wildman–Crippen LogP) is 3.52. The van der Waals surface area contributed by atoms with Crippen LogP contribution in [0.2, 0.25) is 0 Å². The summed E-state index contributed by atoms with van der Waals surface area (Å²) in [6.07, 6.45) is 7.93. The van der Waals surface area contributed by atoms with Crippen LogP contribution >= 0.6 is 23.2 Å². The highest BCUT2D eigenvalue weighted by Gasteiger charge is 2.54. The Kier molecular flexibility index (Phi) is 9.85. The molecule has 1 atom stereocenters. The third-order valence-corrected chi connectivity index (χ3v) is 6.99. The first-order valence-corrected chi connectivity index (χ1v) is 12.8. The maximum atomic E-state index is 12.8. The number of pyridine rings is 1. The molecule has 2 aliphatic rings. The number of nitrogens with one attached hydrogen (secondary N) is 2. The zero-order valence-corrected chi connectivity index (χ0v) is 21.1. The summed E-state index contributed by atoms with van der Waals surface area (Å²) in [5.41, 5.74) is 1.54. The third-order valence-electron chi connectivity index (χ3n) is 6.43. The number of carboxylic acids is 1. The molecule has 0 aromatic carbocycles. The van der Waals surface area contributed by atoms with Crippen LogP contribution in [0, 0.1) is 0 Å². The summed E-state index contributed by atoms with van der Waals surface area (Å²) in [4.78, 5) is 30.8. The Balaban J connectivity index is 1.35. The summed E-state index contributed by atoms with van der Waals surface area (Å²) < 4.78 is 5.64. The number of aromatic nitrogens is 1. The van der Waals surface area contributed by atoms with E-state index in [1.165, 1.54) is 5.56 Å². The van der Waals surface area contributed by atoms with Crippen molar-refractivity contribution in [1.82, 2.24) is 15.2 Å². The fourth-order valence-electron chi connectivity index (χ4n) is 4.11. The number of carbonyl (C=O) groups excluding carboxylic acids is 1. The lowest BCUT2D eigenvalue weighted by Gasteiger charge is -2.29. The van der Waals surface area contributed by atoms with E-state index in [1.807, 2.05) is 0 Å². The molecule has 34 heavy (non-hydrogen) atoms. The van der Waals surface area contributed by atoms with Crippen molar-refractivity contribution in [2.24, 2.45) is 0 Å². The summed E-state index contributed by atoms with van der Waals surface area (Å²) in [5, 5.41) is 15.9. The van der Waals surface area contributed by atoms with E-state index in [2.05, 4.69) is 22.8 Å². The number of rotatable bonds is 14. The van der Waals surface area contributed by atoms with E-state index < -0.39 is 17.6 Å². The molecule has 1 unspecified atom stereocenters. The Bertz CT molecular complexity index is 892. The van der Waals surface area contributed by atoms with Crippen LogP contribution in [-0.2, 0) is 27.2 Å². The summed E-state index contributed by atoms with van der Waals surface area (Å²) in [5.74, 6) is -0.171. The van der Waals surface area contributed by atoms with Crippen LogP contribution in [0.1, 0.15) is 49.8 Å². The summed E-state index contributed by atoms with van der Waals surface area (Å²) in [6, 6.07) is 3.24. The third kappa shape index (κ3) is 6.99. The van der Waals surface area contributed by atoms with Crippen LogP contribution in [0.4, 0.5) is 5.82 Å². The molecule has 0 radical (unpaired) electrons. The molecule has 1 aromatic rings. The van der Waals surface area contributed by atoms with Gasteiger partial charge in [0.15, 0.2) is 0 Å². The molecule has 0 bridgehead atoms. The number of nitrogens with zero attached hydrogens (tertiary/aromatic N) is 2. The number of halogens is 2. The molecule has 0 saturated heterocycles. The van der Waals surface area contributed by atoms with Gasteiger partial charge in [0.25, 0.3) is 0 Å². The molecule has 1 saturated carbocycles.